The van der Waals surface area contributed by atoms with E-state index in [2.05, 4.69) is 66.7 Å². The Kier molecular flexibility index (Phi) is 16.1. The first kappa shape index (κ1) is 30.5. The lowest BCUT2D eigenvalue weighted by Crippen LogP contribution is -2.37. The molecule has 0 unspecified atom stereocenters. The molecule has 0 bridgehead atoms. The van der Waals surface area contributed by atoms with Gasteiger partial charge in [-0.1, -0.05) is 37.3 Å². The summed E-state index contributed by atoms with van der Waals surface area (Å²) in [4.78, 5) is 17.3. The number of aliphatic imine (C=N–C) groups is 1. The average molecular weight is 461 g/mol. The highest BCUT2D eigenvalue weighted by Gasteiger charge is 2.21. The summed E-state index contributed by atoms with van der Waals surface area (Å²) >= 11 is 0. The Bertz CT molecular complexity index is 898. The van der Waals surface area contributed by atoms with Gasteiger partial charge >= 0.3 is 0 Å². The number of hydrogen-bond acceptors (Lipinski definition) is 4. The lowest BCUT2D eigenvalue weighted by molar-refractivity contribution is -0.124. The Morgan fingerprint density at radius 2 is 1.79 bits per heavy atom. The van der Waals surface area contributed by atoms with Crippen molar-refractivity contribution < 1.29 is 4.79 Å². The van der Waals surface area contributed by atoms with E-state index in [0.29, 0.717) is 12.1 Å². The summed E-state index contributed by atoms with van der Waals surface area (Å²) in [7, 11) is 0. The lowest BCUT2D eigenvalue weighted by Gasteiger charge is -2.21. The highest BCUT2D eigenvalue weighted by Crippen LogP contribution is 2.17. The van der Waals surface area contributed by atoms with Crippen molar-refractivity contribution >= 4 is 11.6 Å². The van der Waals surface area contributed by atoms with Crippen LogP contribution in [0.2, 0.25) is 0 Å². The van der Waals surface area contributed by atoms with Gasteiger partial charge in [0.25, 0.3) is 0 Å². The zero-order chi connectivity index (χ0) is 25.9. The third-order valence-corrected chi connectivity index (χ3v) is 5.03. The highest BCUT2D eigenvalue weighted by molar-refractivity contribution is 5.96. The fourth-order valence-electron chi connectivity index (χ4n) is 3.27. The molecule has 0 saturated carbocycles. The molecule has 0 spiro atoms. The summed E-state index contributed by atoms with van der Waals surface area (Å²) in [5.74, 6) is 3.37. The van der Waals surface area contributed by atoms with Crippen LogP contribution in [0.5, 0.6) is 0 Å². The summed E-state index contributed by atoms with van der Waals surface area (Å²) in [6.45, 7) is 17.5. The van der Waals surface area contributed by atoms with Crippen molar-refractivity contribution in [1.82, 2.24) is 16.0 Å². The normalized spacial score (nSPS) is 16.1. The molecule has 3 N–H and O–H groups in total. The molecule has 0 atom stereocenters. The second kappa shape index (κ2) is 18.0. The number of allylic oxidation sites excluding steroid dienone is 9. The molecule has 1 amide bonds. The number of carbonyl (C=O) groups is 1. The van der Waals surface area contributed by atoms with E-state index in [-0.39, 0.29) is 17.9 Å². The Labute approximate surface area is 207 Å². The first-order chi connectivity index (χ1) is 16.4. The standard InChI is InChI=1S/C27H38N4O.C2H2/c1-8-21(9-2)23(13-14-24(10-3)30-26(12-5)29-20(6)7)19-25(11-4)31-27(32)22-15-17-28-18-16-22;1-2/h4,8-10,12-13,19-20,22,28-29H,1,3,14-18H2,2,5-7H3,(H,31,32);1-2H/b21-9-,23-13-,25-19+,26-12-,30-24+;. The number of piperidine rings is 1. The zero-order valence-corrected chi connectivity index (χ0v) is 21.2. The molecule has 1 rings (SSSR count). The number of nitrogens with one attached hydrogen (secondary N) is 3. The Morgan fingerprint density at radius 3 is 2.26 bits per heavy atom. The molecule has 5 heteroatoms. The van der Waals surface area contributed by atoms with Crippen LogP contribution in [0.15, 0.2) is 77.3 Å². The maximum absolute atomic E-state index is 12.6. The molecule has 1 heterocycles. The fraction of sp³-hybridized carbons (Fsp3) is 0.379. The van der Waals surface area contributed by atoms with E-state index in [0.717, 1.165) is 48.6 Å². The first-order valence-electron chi connectivity index (χ1n) is 11.5. The Hall–Kier alpha value is -3.54. The van der Waals surface area contributed by atoms with Crippen LogP contribution >= 0.6 is 0 Å². The molecular formula is C29H40N4O. The van der Waals surface area contributed by atoms with Crippen LogP contribution < -0.4 is 16.0 Å². The molecule has 182 valence electrons. The number of amides is 1. The van der Waals surface area contributed by atoms with Crippen LogP contribution in [0.3, 0.4) is 0 Å². The van der Waals surface area contributed by atoms with Gasteiger partial charge in [-0.2, -0.15) is 0 Å². The van der Waals surface area contributed by atoms with Gasteiger partial charge in [-0.15, -0.1) is 19.3 Å². The fourth-order valence-corrected chi connectivity index (χ4v) is 3.27. The smallest absolute Gasteiger partial charge is 0.228 e. The van der Waals surface area contributed by atoms with Crippen molar-refractivity contribution in [1.29, 1.82) is 0 Å². The van der Waals surface area contributed by atoms with E-state index < -0.39 is 0 Å². The predicted molar refractivity (Wildman–Crippen MR) is 147 cm³/mol. The lowest BCUT2D eigenvalue weighted by atomic mass is 9.97. The van der Waals surface area contributed by atoms with Crippen molar-refractivity contribution in [3.63, 3.8) is 0 Å². The molecule has 0 aromatic carbocycles. The van der Waals surface area contributed by atoms with Crippen molar-refractivity contribution in [2.75, 3.05) is 13.1 Å². The number of hydrogen-bond donors (Lipinski definition) is 3. The number of nitrogens with zero attached hydrogens (tertiary/aromatic N) is 1. The SMILES string of the molecule is C#C.C#C\C(=C/C(=C/C/C(C=C)=N/C(=C\C)NC(C)C)C(/C=C)=C\C)NC(=O)C1CCNCC1. The largest absolute Gasteiger partial charge is 0.368 e. The number of terminal acetylenes is 2. The third kappa shape index (κ3) is 11.4. The monoisotopic (exact) mass is 460 g/mol. The van der Waals surface area contributed by atoms with Crippen molar-refractivity contribution in [2.45, 2.75) is 53.0 Å². The van der Waals surface area contributed by atoms with Gasteiger partial charge in [0.1, 0.15) is 5.82 Å². The van der Waals surface area contributed by atoms with Gasteiger partial charge < -0.3 is 16.0 Å². The van der Waals surface area contributed by atoms with E-state index in [4.69, 9.17) is 6.42 Å². The van der Waals surface area contributed by atoms with Crippen molar-refractivity contribution in [2.24, 2.45) is 10.9 Å². The second-order valence-electron chi connectivity index (χ2n) is 7.81. The third-order valence-electron chi connectivity index (χ3n) is 5.03. The van der Waals surface area contributed by atoms with Gasteiger partial charge in [0.15, 0.2) is 0 Å². The number of carbonyl (C=O) groups excluding carboxylic acids is 1. The molecule has 5 nitrogen and oxygen atoms in total. The van der Waals surface area contributed by atoms with Crippen LogP contribution in [0.25, 0.3) is 0 Å². The van der Waals surface area contributed by atoms with Gasteiger partial charge in [0, 0.05) is 24.1 Å². The second-order valence-corrected chi connectivity index (χ2v) is 7.81. The molecule has 34 heavy (non-hydrogen) atoms. The van der Waals surface area contributed by atoms with Gasteiger partial charge in [0.05, 0.1) is 5.70 Å². The van der Waals surface area contributed by atoms with Gasteiger partial charge in [-0.05, 0) is 83.0 Å². The minimum atomic E-state index is -0.0264. The molecule has 1 fully saturated rings. The van der Waals surface area contributed by atoms with Gasteiger partial charge in [0.2, 0.25) is 5.91 Å². The zero-order valence-electron chi connectivity index (χ0n) is 21.2. The van der Waals surface area contributed by atoms with E-state index in [1.165, 1.54) is 0 Å². The summed E-state index contributed by atoms with van der Waals surface area (Å²) in [6, 6.07) is 0.280. The van der Waals surface area contributed by atoms with E-state index in [9.17, 15) is 4.79 Å². The highest BCUT2D eigenvalue weighted by atomic mass is 16.1. The van der Waals surface area contributed by atoms with Crippen molar-refractivity contribution in [3.8, 4) is 25.2 Å². The predicted octanol–water partition coefficient (Wildman–Crippen LogP) is 4.80. The summed E-state index contributed by atoms with van der Waals surface area (Å²) in [5.41, 5.74) is 3.05. The molecule has 0 radical (unpaired) electrons. The van der Waals surface area contributed by atoms with Crippen LogP contribution in [-0.2, 0) is 4.79 Å². The van der Waals surface area contributed by atoms with E-state index in [1.807, 2.05) is 38.2 Å². The van der Waals surface area contributed by atoms with Crippen LogP contribution in [-0.4, -0.2) is 30.8 Å². The first-order valence-corrected chi connectivity index (χ1v) is 11.5. The molecular weight excluding hydrogens is 420 g/mol. The molecule has 0 aliphatic carbocycles. The minimum Gasteiger partial charge on any atom is -0.368 e. The van der Waals surface area contributed by atoms with Gasteiger partial charge in [-0.25, -0.2) is 4.99 Å². The minimum absolute atomic E-state index is 0.0202. The summed E-state index contributed by atoms with van der Waals surface area (Å²) < 4.78 is 0. The Balaban J connectivity index is 0.00000529. The maximum atomic E-state index is 12.6. The quantitative estimate of drug-likeness (QED) is 0.236. The molecule has 1 aliphatic rings. The molecule has 0 aromatic rings. The molecule has 1 aliphatic heterocycles. The van der Waals surface area contributed by atoms with Gasteiger partial charge in [-0.3, -0.25) is 4.79 Å². The average Bonchev–Trinajstić information content (AvgIpc) is 2.86. The summed E-state index contributed by atoms with van der Waals surface area (Å²) in [6.07, 6.45) is 27.2. The van der Waals surface area contributed by atoms with Crippen LogP contribution in [0.4, 0.5) is 0 Å². The van der Waals surface area contributed by atoms with Crippen molar-refractivity contribution in [3.05, 3.63) is 72.3 Å². The number of rotatable bonds is 11. The van der Waals surface area contributed by atoms with Crippen LogP contribution in [0.1, 0.15) is 47.0 Å². The van der Waals surface area contributed by atoms with E-state index >= 15 is 0 Å². The maximum Gasteiger partial charge on any atom is 0.228 e. The molecule has 0 aromatic heterocycles. The summed E-state index contributed by atoms with van der Waals surface area (Å²) in [5, 5.41) is 9.50. The molecule has 1 saturated heterocycles. The Morgan fingerprint density at radius 1 is 1.15 bits per heavy atom. The van der Waals surface area contributed by atoms with E-state index in [1.54, 1.807) is 12.2 Å². The van der Waals surface area contributed by atoms with Crippen LogP contribution in [0, 0.1) is 31.1 Å². The topological polar surface area (TPSA) is 65.5 Å².